The molecule has 16 heavy (non-hydrogen) atoms. The van der Waals surface area contributed by atoms with Crippen molar-refractivity contribution in [1.82, 2.24) is 5.32 Å². The minimum atomic E-state index is 0.144. The smallest absolute Gasteiger partial charge is 0.102 e. The lowest BCUT2D eigenvalue weighted by Crippen LogP contribution is -2.38. The van der Waals surface area contributed by atoms with Crippen molar-refractivity contribution >= 4 is 5.84 Å². The first kappa shape index (κ1) is 11.2. The van der Waals surface area contributed by atoms with Crippen LogP contribution in [0.25, 0.3) is 0 Å². The van der Waals surface area contributed by atoms with E-state index in [1.807, 2.05) is 0 Å². The largest absolute Gasteiger partial charge is 0.368 e. The topological polar surface area (TPSA) is 24.4 Å². The zero-order chi connectivity index (χ0) is 11.6. The van der Waals surface area contributed by atoms with E-state index in [9.17, 15) is 0 Å². The summed E-state index contributed by atoms with van der Waals surface area (Å²) in [4.78, 5) is 4.59. The Morgan fingerprint density at radius 3 is 2.50 bits per heavy atom. The molecule has 0 saturated carbocycles. The molecule has 1 aliphatic heterocycles. The van der Waals surface area contributed by atoms with Crippen LogP contribution in [0.5, 0.6) is 0 Å². The number of aliphatic imine (C=N–C) groups is 1. The normalized spacial score (nSPS) is 20.4. The molecule has 0 saturated heterocycles. The van der Waals surface area contributed by atoms with Crippen LogP contribution in [0.2, 0.25) is 0 Å². The zero-order valence-corrected chi connectivity index (χ0v) is 10.3. The number of rotatable bonds is 2. The number of nitrogens with one attached hydrogen (secondary N) is 1. The van der Waals surface area contributed by atoms with Crippen LogP contribution in [0.1, 0.15) is 26.3 Å². The van der Waals surface area contributed by atoms with Gasteiger partial charge in [0, 0.05) is 5.41 Å². The Hall–Kier alpha value is -1.31. The van der Waals surface area contributed by atoms with Gasteiger partial charge in [-0.1, -0.05) is 51.1 Å². The van der Waals surface area contributed by atoms with E-state index < -0.39 is 0 Å². The van der Waals surface area contributed by atoms with Gasteiger partial charge in [0.15, 0.2) is 0 Å². The summed E-state index contributed by atoms with van der Waals surface area (Å²) < 4.78 is 0. The molecule has 1 aromatic rings. The number of hydrogen-bond donors (Lipinski definition) is 1. The van der Waals surface area contributed by atoms with Crippen LogP contribution in [-0.2, 0) is 6.42 Å². The SMILES string of the molecule is CC(C)(C)C1=NC[C@H](Cc2ccccc2)N1. The molecule has 0 bridgehead atoms. The first-order valence-electron chi connectivity index (χ1n) is 5.91. The maximum absolute atomic E-state index is 4.59. The van der Waals surface area contributed by atoms with Gasteiger partial charge in [0.25, 0.3) is 0 Å². The van der Waals surface area contributed by atoms with Crippen LogP contribution in [0.3, 0.4) is 0 Å². The quantitative estimate of drug-likeness (QED) is 0.807. The van der Waals surface area contributed by atoms with Crippen LogP contribution in [-0.4, -0.2) is 18.4 Å². The Morgan fingerprint density at radius 2 is 1.94 bits per heavy atom. The molecule has 1 aliphatic rings. The van der Waals surface area contributed by atoms with Crippen molar-refractivity contribution in [2.75, 3.05) is 6.54 Å². The van der Waals surface area contributed by atoms with E-state index in [-0.39, 0.29) is 5.41 Å². The van der Waals surface area contributed by atoms with Crippen LogP contribution in [0.15, 0.2) is 35.3 Å². The fraction of sp³-hybridized carbons (Fsp3) is 0.500. The van der Waals surface area contributed by atoms with Gasteiger partial charge < -0.3 is 5.32 Å². The van der Waals surface area contributed by atoms with Gasteiger partial charge in [0.1, 0.15) is 5.84 Å². The number of nitrogens with zero attached hydrogens (tertiary/aromatic N) is 1. The highest BCUT2D eigenvalue weighted by molar-refractivity contribution is 5.88. The molecule has 1 heterocycles. The predicted molar refractivity (Wildman–Crippen MR) is 68.8 cm³/mol. The minimum Gasteiger partial charge on any atom is -0.368 e. The standard InChI is InChI=1S/C14H20N2/c1-14(2,3)13-15-10-12(16-13)9-11-7-5-4-6-8-11/h4-8,12H,9-10H2,1-3H3,(H,15,16)/t12-/m0/s1. The second-order valence-corrected chi connectivity index (χ2v) is 5.47. The van der Waals surface area contributed by atoms with Crippen molar-refractivity contribution in [2.24, 2.45) is 10.4 Å². The van der Waals surface area contributed by atoms with Crippen LogP contribution in [0.4, 0.5) is 0 Å². The van der Waals surface area contributed by atoms with Gasteiger partial charge in [0.05, 0.1) is 12.6 Å². The molecule has 1 atom stereocenters. The maximum atomic E-state index is 4.59. The molecule has 0 radical (unpaired) electrons. The Kier molecular flexibility index (Phi) is 2.99. The monoisotopic (exact) mass is 216 g/mol. The molecule has 2 rings (SSSR count). The van der Waals surface area contributed by atoms with Crippen molar-refractivity contribution in [2.45, 2.75) is 33.2 Å². The summed E-state index contributed by atoms with van der Waals surface area (Å²) in [5, 5.41) is 3.53. The van der Waals surface area contributed by atoms with Crippen LogP contribution < -0.4 is 5.32 Å². The third kappa shape index (κ3) is 2.63. The number of benzene rings is 1. The molecule has 0 fully saturated rings. The number of hydrogen-bond acceptors (Lipinski definition) is 2. The molecule has 0 unspecified atom stereocenters. The van der Waals surface area contributed by atoms with E-state index >= 15 is 0 Å². The van der Waals surface area contributed by atoms with Crippen molar-refractivity contribution in [3.8, 4) is 0 Å². The average Bonchev–Trinajstić information content (AvgIpc) is 2.67. The predicted octanol–water partition coefficient (Wildman–Crippen LogP) is 2.65. The van der Waals surface area contributed by atoms with E-state index in [1.165, 1.54) is 5.56 Å². The van der Waals surface area contributed by atoms with Crippen molar-refractivity contribution in [3.05, 3.63) is 35.9 Å². The molecule has 1 aromatic carbocycles. The third-order valence-corrected chi connectivity index (χ3v) is 2.85. The first-order valence-corrected chi connectivity index (χ1v) is 5.91. The van der Waals surface area contributed by atoms with E-state index in [0.29, 0.717) is 6.04 Å². The lowest BCUT2D eigenvalue weighted by atomic mass is 9.95. The van der Waals surface area contributed by atoms with Gasteiger partial charge in [-0.05, 0) is 12.0 Å². The van der Waals surface area contributed by atoms with Gasteiger partial charge in [-0.3, -0.25) is 4.99 Å². The van der Waals surface area contributed by atoms with E-state index in [2.05, 4.69) is 61.4 Å². The second-order valence-electron chi connectivity index (χ2n) is 5.47. The van der Waals surface area contributed by atoms with E-state index in [4.69, 9.17) is 0 Å². The average molecular weight is 216 g/mol. The lowest BCUT2D eigenvalue weighted by molar-refractivity contribution is 0.557. The Balaban J connectivity index is 1.93. The first-order chi connectivity index (χ1) is 7.55. The van der Waals surface area contributed by atoms with Gasteiger partial charge in [-0.15, -0.1) is 0 Å². The van der Waals surface area contributed by atoms with Gasteiger partial charge >= 0.3 is 0 Å². The molecule has 0 amide bonds. The van der Waals surface area contributed by atoms with Gasteiger partial charge in [-0.25, -0.2) is 0 Å². The van der Waals surface area contributed by atoms with Crippen LogP contribution in [0, 0.1) is 5.41 Å². The molecule has 0 spiro atoms. The highest BCUT2D eigenvalue weighted by Gasteiger charge is 2.26. The fourth-order valence-electron chi connectivity index (χ4n) is 1.95. The van der Waals surface area contributed by atoms with Gasteiger partial charge in [0.2, 0.25) is 0 Å². The molecular formula is C14H20N2. The summed E-state index contributed by atoms with van der Waals surface area (Å²) in [6.45, 7) is 7.50. The fourth-order valence-corrected chi connectivity index (χ4v) is 1.95. The highest BCUT2D eigenvalue weighted by atomic mass is 15.1. The summed E-state index contributed by atoms with van der Waals surface area (Å²) in [6, 6.07) is 11.1. The summed E-state index contributed by atoms with van der Waals surface area (Å²) in [5.74, 6) is 1.15. The Bertz CT molecular complexity index is 373. The van der Waals surface area contributed by atoms with Crippen molar-refractivity contribution in [1.29, 1.82) is 0 Å². The minimum absolute atomic E-state index is 0.144. The number of amidine groups is 1. The molecule has 1 N–H and O–H groups in total. The summed E-state index contributed by atoms with van der Waals surface area (Å²) in [6.07, 6.45) is 1.06. The maximum Gasteiger partial charge on any atom is 0.102 e. The summed E-state index contributed by atoms with van der Waals surface area (Å²) in [5.41, 5.74) is 1.52. The lowest BCUT2D eigenvalue weighted by Gasteiger charge is -2.21. The van der Waals surface area contributed by atoms with Crippen LogP contribution >= 0.6 is 0 Å². The Morgan fingerprint density at radius 1 is 1.25 bits per heavy atom. The molecule has 0 aromatic heterocycles. The molecular weight excluding hydrogens is 196 g/mol. The second kappa shape index (κ2) is 4.28. The molecule has 2 heteroatoms. The van der Waals surface area contributed by atoms with Gasteiger partial charge in [-0.2, -0.15) is 0 Å². The summed E-state index contributed by atoms with van der Waals surface area (Å²) in [7, 11) is 0. The van der Waals surface area contributed by atoms with E-state index in [1.54, 1.807) is 0 Å². The highest BCUT2D eigenvalue weighted by Crippen LogP contribution is 2.19. The van der Waals surface area contributed by atoms with E-state index in [0.717, 1.165) is 18.8 Å². The Labute approximate surface area is 97.8 Å². The zero-order valence-electron chi connectivity index (χ0n) is 10.3. The molecule has 86 valence electrons. The third-order valence-electron chi connectivity index (χ3n) is 2.85. The molecule has 2 nitrogen and oxygen atoms in total. The van der Waals surface area contributed by atoms with Crippen molar-refractivity contribution in [3.63, 3.8) is 0 Å². The molecule has 0 aliphatic carbocycles. The summed E-state index contributed by atoms with van der Waals surface area (Å²) >= 11 is 0. The van der Waals surface area contributed by atoms with Crippen molar-refractivity contribution < 1.29 is 0 Å².